The monoisotopic (exact) mass is 440 g/mol. The number of hydrogen-bond donors (Lipinski definition) is 0. The Balaban J connectivity index is 1.89. The molecule has 2 aromatic rings. The summed E-state index contributed by atoms with van der Waals surface area (Å²) in [5, 5.41) is 0.405. The molecule has 26 heavy (non-hydrogen) atoms. The number of halogens is 7. The third-order valence-electron chi connectivity index (χ3n) is 4.66. The lowest BCUT2D eigenvalue weighted by Gasteiger charge is -2.31. The van der Waals surface area contributed by atoms with Crippen molar-refractivity contribution in [3.05, 3.63) is 40.4 Å². The number of hydrogen-bond acceptors (Lipinski definition) is 1. The van der Waals surface area contributed by atoms with Crippen LogP contribution >= 0.6 is 15.9 Å². The van der Waals surface area contributed by atoms with Crippen LogP contribution < -0.4 is 4.74 Å². The van der Waals surface area contributed by atoms with Gasteiger partial charge in [-0.2, -0.15) is 26.3 Å². The van der Waals surface area contributed by atoms with Crippen molar-refractivity contribution in [3.8, 4) is 5.75 Å². The van der Waals surface area contributed by atoms with Gasteiger partial charge in [-0.15, -0.1) is 0 Å². The van der Waals surface area contributed by atoms with Crippen molar-refractivity contribution in [1.82, 2.24) is 0 Å². The van der Waals surface area contributed by atoms with Crippen molar-refractivity contribution in [3.63, 3.8) is 0 Å². The zero-order chi connectivity index (χ0) is 19.1. The van der Waals surface area contributed by atoms with E-state index < -0.39 is 29.9 Å². The second kappa shape index (κ2) is 6.94. The molecular weight excluding hydrogens is 426 g/mol. The normalized spacial score (nSPS) is 21.8. The number of rotatable bonds is 2. The molecule has 0 heterocycles. The average molecular weight is 441 g/mol. The minimum atomic E-state index is -4.64. The van der Waals surface area contributed by atoms with Crippen molar-refractivity contribution in [1.29, 1.82) is 0 Å². The third kappa shape index (κ3) is 4.10. The second-order valence-corrected chi connectivity index (χ2v) is 7.35. The van der Waals surface area contributed by atoms with Gasteiger partial charge in [0.1, 0.15) is 11.3 Å². The van der Waals surface area contributed by atoms with Gasteiger partial charge in [-0.05, 0) is 54.7 Å². The van der Waals surface area contributed by atoms with Crippen LogP contribution in [0.5, 0.6) is 5.75 Å². The van der Waals surface area contributed by atoms with Gasteiger partial charge in [0, 0.05) is 4.47 Å². The molecule has 1 saturated carbocycles. The Labute approximate surface area is 154 Å². The van der Waals surface area contributed by atoms with E-state index >= 15 is 0 Å². The van der Waals surface area contributed by atoms with Gasteiger partial charge in [0.05, 0.1) is 12.0 Å². The molecular formula is C18H15BrF6O. The molecule has 8 heteroatoms. The maximum atomic E-state index is 13.6. The van der Waals surface area contributed by atoms with Crippen LogP contribution in [0, 0.1) is 5.92 Å². The molecule has 0 aromatic heterocycles. The lowest BCUT2D eigenvalue weighted by atomic mass is 9.87. The Bertz CT molecular complexity index is 791. The predicted molar refractivity (Wildman–Crippen MR) is 89.1 cm³/mol. The average Bonchev–Trinajstić information content (AvgIpc) is 2.53. The Kier molecular flexibility index (Phi) is 5.16. The van der Waals surface area contributed by atoms with Gasteiger partial charge >= 0.3 is 12.4 Å². The molecule has 0 N–H and O–H groups in total. The maximum absolute atomic E-state index is 13.6. The Morgan fingerprint density at radius 1 is 0.885 bits per heavy atom. The van der Waals surface area contributed by atoms with Gasteiger partial charge in [0.2, 0.25) is 0 Å². The van der Waals surface area contributed by atoms with Gasteiger partial charge < -0.3 is 4.74 Å². The number of alkyl halides is 6. The lowest BCUT2D eigenvalue weighted by Crippen LogP contribution is -2.32. The Morgan fingerprint density at radius 2 is 1.50 bits per heavy atom. The summed E-state index contributed by atoms with van der Waals surface area (Å²) in [6.07, 6.45) is -9.66. The van der Waals surface area contributed by atoms with Crippen LogP contribution in [0.15, 0.2) is 34.8 Å². The SMILES string of the molecule is FC(F)(F)c1c(O[C@H]2CC[C@@H](C(F)(F)F)CC2)ccc2ccc(Br)cc12. The van der Waals surface area contributed by atoms with Gasteiger partial charge in [-0.1, -0.05) is 28.1 Å². The molecule has 0 spiro atoms. The van der Waals surface area contributed by atoms with Gasteiger partial charge in [-0.3, -0.25) is 0 Å². The van der Waals surface area contributed by atoms with Crippen LogP contribution in [0.25, 0.3) is 10.8 Å². The van der Waals surface area contributed by atoms with Crippen LogP contribution in [0.3, 0.4) is 0 Å². The van der Waals surface area contributed by atoms with E-state index in [1.807, 2.05) is 0 Å². The zero-order valence-electron chi connectivity index (χ0n) is 13.4. The third-order valence-corrected chi connectivity index (χ3v) is 5.15. The van der Waals surface area contributed by atoms with E-state index in [0.717, 1.165) is 0 Å². The minimum Gasteiger partial charge on any atom is -0.490 e. The topological polar surface area (TPSA) is 9.23 Å². The molecule has 1 nitrogen and oxygen atoms in total. The van der Waals surface area contributed by atoms with Crippen molar-refractivity contribution >= 4 is 26.7 Å². The van der Waals surface area contributed by atoms with Crippen molar-refractivity contribution in [2.45, 2.75) is 44.1 Å². The Hall–Kier alpha value is -1.44. The lowest BCUT2D eigenvalue weighted by molar-refractivity contribution is -0.185. The second-order valence-electron chi connectivity index (χ2n) is 6.44. The van der Waals surface area contributed by atoms with Gasteiger partial charge in [0.15, 0.2) is 0 Å². The molecule has 0 radical (unpaired) electrons. The van der Waals surface area contributed by atoms with Crippen LogP contribution in [0.4, 0.5) is 26.3 Å². The quantitative estimate of drug-likeness (QED) is 0.451. The first-order valence-electron chi connectivity index (χ1n) is 8.08. The van der Waals surface area contributed by atoms with E-state index in [1.54, 1.807) is 12.1 Å². The largest absolute Gasteiger partial charge is 0.490 e. The van der Waals surface area contributed by atoms with E-state index in [0.29, 0.717) is 9.86 Å². The maximum Gasteiger partial charge on any atom is 0.420 e. The van der Waals surface area contributed by atoms with E-state index in [1.165, 1.54) is 18.2 Å². The highest BCUT2D eigenvalue weighted by Gasteiger charge is 2.42. The van der Waals surface area contributed by atoms with Crippen LogP contribution in [-0.2, 0) is 6.18 Å². The van der Waals surface area contributed by atoms with Crippen LogP contribution in [-0.4, -0.2) is 12.3 Å². The Morgan fingerprint density at radius 3 is 2.08 bits per heavy atom. The molecule has 2 aromatic carbocycles. The summed E-state index contributed by atoms with van der Waals surface area (Å²) >= 11 is 3.17. The molecule has 3 rings (SSSR count). The van der Waals surface area contributed by atoms with E-state index in [-0.39, 0.29) is 36.8 Å². The van der Waals surface area contributed by atoms with Crippen molar-refractivity contribution in [2.75, 3.05) is 0 Å². The first-order chi connectivity index (χ1) is 12.1. The van der Waals surface area contributed by atoms with E-state index in [9.17, 15) is 26.3 Å². The molecule has 142 valence electrons. The molecule has 1 aliphatic rings. The predicted octanol–water partition coefficient (Wildman–Crippen LogP) is 7.12. The van der Waals surface area contributed by atoms with Crippen molar-refractivity contribution in [2.24, 2.45) is 5.92 Å². The summed E-state index contributed by atoms with van der Waals surface area (Å²) in [6, 6.07) is 7.34. The molecule has 0 bridgehead atoms. The fraction of sp³-hybridized carbons (Fsp3) is 0.444. The van der Waals surface area contributed by atoms with Crippen LogP contribution in [0.2, 0.25) is 0 Å². The summed E-state index contributed by atoms with van der Waals surface area (Å²) in [6.45, 7) is 0. The summed E-state index contributed by atoms with van der Waals surface area (Å²) in [4.78, 5) is 0. The fourth-order valence-corrected chi connectivity index (χ4v) is 3.71. The fourth-order valence-electron chi connectivity index (χ4n) is 3.35. The number of fused-ring (bicyclic) bond motifs is 1. The highest BCUT2D eigenvalue weighted by Crippen LogP contribution is 2.44. The van der Waals surface area contributed by atoms with Crippen LogP contribution in [0.1, 0.15) is 31.2 Å². The molecule has 0 unspecified atom stereocenters. The highest BCUT2D eigenvalue weighted by molar-refractivity contribution is 9.10. The molecule has 1 aliphatic carbocycles. The first kappa shape index (κ1) is 19.3. The molecule has 0 amide bonds. The summed E-state index contributed by atoms with van der Waals surface area (Å²) in [5.74, 6) is -1.74. The number of benzene rings is 2. The minimum absolute atomic E-state index is 0.00616. The smallest absolute Gasteiger partial charge is 0.420 e. The number of ether oxygens (including phenoxy) is 1. The molecule has 0 saturated heterocycles. The molecule has 0 aliphatic heterocycles. The van der Waals surface area contributed by atoms with Gasteiger partial charge in [0.25, 0.3) is 0 Å². The molecule has 1 fully saturated rings. The van der Waals surface area contributed by atoms with E-state index in [4.69, 9.17) is 4.74 Å². The summed E-state index contributed by atoms with van der Waals surface area (Å²) in [5.41, 5.74) is -0.894. The standard InChI is InChI=1S/C18H15BrF6O/c19-12-5-1-10-2-8-15(16(14(10)9-12)18(23,24)25)26-13-6-3-11(4-7-13)17(20,21)22/h1-2,5,8-9,11,13H,3-4,6-7H2/t11-,13+. The zero-order valence-corrected chi connectivity index (χ0v) is 15.0. The highest BCUT2D eigenvalue weighted by atomic mass is 79.9. The molecule has 0 atom stereocenters. The summed E-state index contributed by atoms with van der Waals surface area (Å²) in [7, 11) is 0. The first-order valence-corrected chi connectivity index (χ1v) is 8.88. The van der Waals surface area contributed by atoms with Gasteiger partial charge in [-0.25, -0.2) is 0 Å². The van der Waals surface area contributed by atoms with E-state index in [2.05, 4.69) is 15.9 Å². The summed E-state index contributed by atoms with van der Waals surface area (Å²) < 4.78 is 85.1. The van der Waals surface area contributed by atoms with Crippen molar-refractivity contribution < 1.29 is 31.1 Å².